The van der Waals surface area contributed by atoms with E-state index in [1.54, 1.807) is 6.92 Å². The molecule has 0 aliphatic heterocycles. The zero-order valence-corrected chi connectivity index (χ0v) is 10.2. The van der Waals surface area contributed by atoms with Gasteiger partial charge in [-0.15, -0.1) is 0 Å². The maximum atomic E-state index is 12.1. The SMILES string of the molecule is CC(O)C(C)(C)NC(=O)C1CC2C=CC1C2. The lowest BCUT2D eigenvalue weighted by Gasteiger charge is -2.31. The van der Waals surface area contributed by atoms with E-state index in [0.717, 1.165) is 12.8 Å². The van der Waals surface area contributed by atoms with Gasteiger partial charge in [-0.1, -0.05) is 12.2 Å². The molecule has 3 nitrogen and oxygen atoms in total. The second kappa shape index (κ2) is 3.88. The van der Waals surface area contributed by atoms with Crippen LogP contribution in [-0.4, -0.2) is 22.7 Å². The van der Waals surface area contributed by atoms with Crippen LogP contribution >= 0.6 is 0 Å². The first-order chi connectivity index (χ1) is 7.40. The first kappa shape index (κ1) is 11.6. The Kier molecular flexibility index (Phi) is 2.82. The van der Waals surface area contributed by atoms with Gasteiger partial charge in [-0.2, -0.15) is 0 Å². The standard InChI is InChI=1S/C13H21NO2/c1-8(15)13(2,3)14-12(16)11-7-9-4-5-10(11)6-9/h4-5,8-11,15H,6-7H2,1-3H3,(H,14,16). The molecule has 1 fully saturated rings. The van der Waals surface area contributed by atoms with Crippen LogP contribution < -0.4 is 5.32 Å². The number of nitrogens with one attached hydrogen (secondary N) is 1. The number of hydrogen-bond donors (Lipinski definition) is 2. The minimum absolute atomic E-state index is 0.0998. The molecule has 0 aromatic rings. The summed E-state index contributed by atoms with van der Waals surface area (Å²) < 4.78 is 0. The van der Waals surface area contributed by atoms with Crippen molar-refractivity contribution < 1.29 is 9.90 Å². The maximum Gasteiger partial charge on any atom is 0.224 e. The second-order valence-corrected chi connectivity index (χ2v) is 5.77. The summed E-state index contributed by atoms with van der Waals surface area (Å²) >= 11 is 0. The number of allylic oxidation sites excluding steroid dienone is 2. The van der Waals surface area contributed by atoms with Crippen LogP contribution in [0, 0.1) is 17.8 Å². The van der Waals surface area contributed by atoms with E-state index in [-0.39, 0.29) is 11.8 Å². The number of amides is 1. The van der Waals surface area contributed by atoms with Gasteiger partial charge in [0.25, 0.3) is 0 Å². The zero-order valence-electron chi connectivity index (χ0n) is 10.2. The van der Waals surface area contributed by atoms with Crippen LogP contribution in [0.15, 0.2) is 12.2 Å². The van der Waals surface area contributed by atoms with E-state index < -0.39 is 11.6 Å². The molecule has 0 aromatic heterocycles. The van der Waals surface area contributed by atoms with Crippen LogP contribution in [0.1, 0.15) is 33.6 Å². The quantitative estimate of drug-likeness (QED) is 0.712. The van der Waals surface area contributed by atoms with Gasteiger partial charge in [0.05, 0.1) is 11.6 Å². The van der Waals surface area contributed by atoms with Gasteiger partial charge in [0, 0.05) is 5.92 Å². The normalized spacial score (nSPS) is 34.1. The van der Waals surface area contributed by atoms with E-state index in [2.05, 4.69) is 17.5 Å². The Labute approximate surface area is 96.9 Å². The predicted molar refractivity (Wildman–Crippen MR) is 62.7 cm³/mol. The fourth-order valence-corrected chi connectivity index (χ4v) is 2.60. The highest BCUT2D eigenvalue weighted by Crippen LogP contribution is 2.43. The van der Waals surface area contributed by atoms with E-state index in [4.69, 9.17) is 0 Å². The zero-order chi connectivity index (χ0) is 11.9. The number of hydrogen-bond acceptors (Lipinski definition) is 2. The van der Waals surface area contributed by atoms with Crippen molar-refractivity contribution in [2.45, 2.75) is 45.3 Å². The highest BCUT2D eigenvalue weighted by Gasteiger charge is 2.41. The average molecular weight is 223 g/mol. The van der Waals surface area contributed by atoms with Crippen molar-refractivity contribution >= 4 is 5.91 Å². The summed E-state index contributed by atoms with van der Waals surface area (Å²) in [5.74, 6) is 1.25. The van der Waals surface area contributed by atoms with Gasteiger partial charge >= 0.3 is 0 Å². The first-order valence-corrected chi connectivity index (χ1v) is 6.08. The van der Waals surface area contributed by atoms with E-state index in [9.17, 15) is 9.90 Å². The highest BCUT2D eigenvalue weighted by atomic mass is 16.3. The third-order valence-corrected chi connectivity index (χ3v) is 4.11. The minimum Gasteiger partial charge on any atom is -0.391 e. The minimum atomic E-state index is -0.539. The molecule has 3 heteroatoms. The fourth-order valence-electron chi connectivity index (χ4n) is 2.60. The van der Waals surface area contributed by atoms with Gasteiger partial charge in [0.1, 0.15) is 0 Å². The lowest BCUT2D eigenvalue weighted by Crippen LogP contribution is -2.53. The molecule has 1 amide bonds. The summed E-state index contributed by atoms with van der Waals surface area (Å²) in [5.41, 5.74) is -0.539. The lowest BCUT2D eigenvalue weighted by atomic mass is 9.90. The molecule has 90 valence electrons. The summed E-state index contributed by atoms with van der Waals surface area (Å²) in [6.07, 6.45) is 5.98. The molecule has 0 spiro atoms. The largest absolute Gasteiger partial charge is 0.391 e. The van der Waals surface area contributed by atoms with E-state index in [0.29, 0.717) is 11.8 Å². The van der Waals surface area contributed by atoms with Gasteiger partial charge in [0.2, 0.25) is 5.91 Å². The number of aliphatic hydroxyl groups is 1. The molecule has 1 saturated carbocycles. The van der Waals surface area contributed by atoms with Crippen molar-refractivity contribution in [1.29, 1.82) is 0 Å². The summed E-state index contributed by atoms with van der Waals surface area (Å²) in [6, 6.07) is 0. The fraction of sp³-hybridized carbons (Fsp3) is 0.769. The lowest BCUT2D eigenvalue weighted by molar-refractivity contribution is -0.128. The summed E-state index contributed by atoms with van der Waals surface area (Å²) in [7, 11) is 0. The first-order valence-electron chi connectivity index (χ1n) is 6.08. The van der Waals surface area contributed by atoms with Crippen LogP contribution in [0.3, 0.4) is 0 Å². The van der Waals surface area contributed by atoms with Crippen molar-refractivity contribution in [3.63, 3.8) is 0 Å². The van der Waals surface area contributed by atoms with Gasteiger partial charge in [-0.3, -0.25) is 4.79 Å². The molecule has 4 atom stereocenters. The highest BCUT2D eigenvalue weighted by molar-refractivity contribution is 5.80. The molecule has 0 heterocycles. The van der Waals surface area contributed by atoms with Crippen molar-refractivity contribution in [3.05, 3.63) is 12.2 Å². The van der Waals surface area contributed by atoms with E-state index in [1.807, 2.05) is 13.8 Å². The second-order valence-electron chi connectivity index (χ2n) is 5.77. The van der Waals surface area contributed by atoms with Crippen LogP contribution in [0.25, 0.3) is 0 Å². The third kappa shape index (κ3) is 2.01. The number of fused-ring (bicyclic) bond motifs is 2. The summed E-state index contributed by atoms with van der Waals surface area (Å²) in [5, 5.41) is 12.5. The Balaban J connectivity index is 1.97. The van der Waals surface area contributed by atoms with Crippen LogP contribution in [-0.2, 0) is 4.79 Å². The topological polar surface area (TPSA) is 49.3 Å². The van der Waals surface area contributed by atoms with Gasteiger partial charge in [0.15, 0.2) is 0 Å². The molecule has 2 N–H and O–H groups in total. The Hall–Kier alpha value is -0.830. The number of rotatable bonds is 3. The molecule has 2 aliphatic carbocycles. The molecule has 0 aromatic carbocycles. The van der Waals surface area contributed by atoms with Crippen molar-refractivity contribution in [1.82, 2.24) is 5.32 Å². The van der Waals surface area contributed by atoms with Crippen LogP contribution in [0.2, 0.25) is 0 Å². The molecule has 4 unspecified atom stereocenters. The van der Waals surface area contributed by atoms with Crippen molar-refractivity contribution in [2.75, 3.05) is 0 Å². The molecular formula is C13H21NO2. The average Bonchev–Trinajstić information content (AvgIpc) is 2.77. The monoisotopic (exact) mass is 223 g/mol. The molecule has 16 heavy (non-hydrogen) atoms. The molecule has 2 rings (SSSR count). The number of aliphatic hydroxyl groups excluding tert-OH is 1. The Morgan fingerprint density at radius 2 is 2.12 bits per heavy atom. The Morgan fingerprint density at radius 3 is 2.56 bits per heavy atom. The summed E-state index contributed by atoms with van der Waals surface area (Å²) in [6.45, 7) is 5.43. The smallest absolute Gasteiger partial charge is 0.224 e. The van der Waals surface area contributed by atoms with Gasteiger partial charge in [-0.25, -0.2) is 0 Å². The third-order valence-electron chi connectivity index (χ3n) is 4.11. The molecule has 2 bridgehead atoms. The van der Waals surface area contributed by atoms with Crippen molar-refractivity contribution in [3.8, 4) is 0 Å². The maximum absolute atomic E-state index is 12.1. The Bertz CT molecular complexity index is 320. The number of carbonyl (C=O) groups is 1. The number of carbonyl (C=O) groups excluding carboxylic acids is 1. The van der Waals surface area contributed by atoms with E-state index in [1.165, 1.54) is 0 Å². The molecule has 0 radical (unpaired) electrons. The predicted octanol–water partition coefficient (Wildman–Crippen LogP) is 1.47. The van der Waals surface area contributed by atoms with Crippen LogP contribution in [0.5, 0.6) is 0 Å². The van der Waals surface area contributed by atoms with Crippen LogP contribution in [0.4, 0.5) is 0 Å². The Morgan fingerprint density at radius 1 is 1.44 bits per heavy atom. The van der Waals surface area contributed by atoms with Gasteiger partial charge < -0.3 is 10.4 Å². The molecule has 2 aliphatic rings. The molecule has 0 saturated heterocycles. The summed E-state index contributed by atoms with van der Waals surface area (Å²) in [4.78, 5) is 12.1. The molecular weight excluding hydrogens is 202 g/mol. The van der Waals surface area contributed by atoms with Gasteiger partial charge in [-0.05, 0) is 45.4 Å². The van der Waals surface area contributed by atoms with Crippen molar-refractivity contribution in [2.24, 2.45) is 17.8 Å². The van der Waals surface area contributed by atoms with E-state index >= 15 is 0 Å².